The van der Waals surface area contributed by atoms with Gasteiger partial charge < -0.3 is 0 Å². The number of hydrogen-bond acceptors (Lipinski definition) is 1. The number of carbonyl (C=O) groups excluding carboxylic acids is 1. The molecule has 0 N–H and O–H groups in total. The molecule has 0 amide bonds. The van der Waals surface area contributed by atoms with E-state index in [2.05, 4.69) is 38.1 Å². The topological polar surface area (TPSA) is 17.1 Å². The summed E-state index contributed by atoms with van der Waals surface area (Å²) in [5.41, 5.74) is 1.34. The van der Waals surface area contributed by atoms with Crippen LogP contribution in [0, 0.1) is 11.8 Å². The number of ketones is 1. The van der Waals surface area contributed by atoms with Gasteiger partial charge in [0.05, 0.1) is 0 Å². The number of Topliss-reactive ketones (excluding diaryl/α,β-unsaturated/α-hetero) is 1. The summed E-state index contributed by atoms with van der Waals surface area (Å²) in [6.45, 7) is 4.38. The van der Waals surface area contributed by atoms with E-state index in [4.69, 9.17) is 0 Å². The quantitative estimate of drug-likeness (QED) is 0.716. The second-order valence-corrected chi connectivity index (χ2v) is 5.42. The van der Waals surface area contributed by atoms with Crippen molar-refractivity contribution >= 4 is 5.78 Å². The van der Waals surface area contributed by atoms with Gasteiger partial charge in [-0.05, 0) is 23.8 Å². The van der Waals surface area contributed by atoms with Crippen LogP contribution in [-0.4, -0.2) is 5.78 Å². The van der Waals surface area contributed by atoms with Gasteiger partial charge in [0.25, 0.3) is 0 Å². The van der Waals surface area contributed by atoms with Crippen LogP contribution < -0.4 is 0 Å². The zero-order valence-electron chi connectivity index (χ0n) is 10.9. The molecule has 1 aromatic carbocycles. The molecule has 0 aliphatic heterocycles. The first-order valence-electron chi connectivity index (χ1n) is 6.80. The first-order chi connectivity index (χ1) is 8.22. The van der Waals surface area contributed by atoms with Crippen LogP contribution in [0.15, 0.2) is 30.3 Å². The van der Waals surface area contributed by atoms with Crippen molar-refractivity contribution in [3.63, 3.8) is 0 Å². The van der Waals surface area contributed by atoms with Crippen LogP contribution in [0.1, 0.15) is 51.0 Å². The van der Waals surface area contributed by atoms with Crippen molar-refractivity contribution in [1.29, 1.82) is 0 Å². The molecule has 0 saturated heterocycles. The van der Waals surface area contributed by atoms with Crippen LogP contribution in [0.3, 0.4) is 0 Å². The van der Waals surface area contributed by atoms with Crippen molar-refractivity contribution in [3.05, 3.63) is 35.9 Å². The van der Waals surface area contributed by atoms with Gasteiger partial charge in [0.15, 0.2) is 0 Å². The minimum atomic E-state index is 0.316. The molecule has 1 heteroatoms. The van der Waals surface area contributed by atoms with E-state index in [0.29, 0.717) is 23.5 Å². The van der Waals surface area contributed by atoms with Gasteiger partial charge in [-0.25, -0.2) is 0 Å². The molecule has 0 radical (unpaired) electrons. The average Bonchev–Trinajstić information content (AvgIpc) is 3.10. The molecule has 92 valence electrons. The lowest BCUT2D eigenvalue weighted by Gasteiger charge is -2.08. The Labute approximate surface area is 104 Å². The van der Waals surface area contributed by atoms with Crippen LogP contribution in [0.2, 0.25) is 0 Å². The fraction of sp³-hybridized carbons (Fsp3) is 0.562. The minimum absolute atomic E-state index is 0.316. The predicted molar refractivity (Wildman–Crippen MR) is 71.0 cm³/mol. The molecule has 1 aliphatic carbocycles. The van der Waals surface area contributed by atoms with Crippen LogP contribution in [0.25, 0.3) is 0 Å². The molecule has 1 fully saturated rings. The summed E-state index contributed by atoms with van der Waals surface area (Å²) in [6.07, 6.45) is 4.21. The molecule has 3 unspecified atom stereocenters. The van der Waals surface area contributed by atoms with Crippen molar-refractivity contribution in [1.82, 2.24) is 0 Å². The highest BCUT2D eigenvalue weighted by molar-refractivity contribution is 5.85. The summed E-state index contributed by atoms with van der Waals surface area (Å²) in [7, 11) is 0. The third kappa shape index (κ3) is 3.18. The lowest BCUT2D eigenvalue weighted by atomic mass is 9.96. The monoisotopic (exact) mass is 230 g/mol. The largest absolute Gasteiger partial charge is 0.299 e. The van der Waals surface area contributed by atoms with Gasteiger partial charge in [-0.2, -0.15) is 0 Å². The molecule has 3 atom stereocenters. The lowest BCUT2D eigenvalue weighted by Crippen LogP contribution is -2.08. The number of rotatable bonds is 6. The van der Waals surface area contributed by atoms with Gasteiger partial charge in [-0.15, -0.1) is 0 Å². The van der Waals surface area contributed by atoms with Gasteiger partial charge in [-0.3, -0.25) is 4.79 Å². The van der Waals surface area contributed by atoms with E-state index in [-0.39, 0.29) is 0 Å². The van der Waals surface area contributed by atoms with Crippen LogP contribution in [0.4, 0.5) is 0 Å². The van der Waals surface area contributed by atoms with Crippen molar-refractivity contribution in [2.24, 2.45) is 11.8 Å². The predicted octanol–water partition coefficient (Wildman–Crippen LogP) is 4.19. The van der Waals surface area contributed by atoms with Crippen LogP contribution in [-0.2, 0) is 4.79 Å². The maximum absolute atomic E-state index is 12.1. The maximum Gasteiger partial charge on any atom is 0.136 e. The normalized spacial score (nSPS) is 24.4. The van der Waals surface area contributed by atoms with Gasteiger partial charge in [0, 0.05) is 12.3 Å². The van der Waals surface area contributed by atoms with E-state index in [1.807, 2.05) is 6.07 Å². The van der Waals surface area contributed by atoms with Crippen molar-refractivity contribution < 1.29 is 4.79 Å². The van der Waals surface area contributed by atoms with E-state index >= 15 is 0 Å². The fourth-order valence-corrected chi connectivity index (χ4v) is 2.71. The highest BCUT2D eigenvalue weighted by atomic mass is 16.1. The third-order valence-corrected chi connectivity index (χ3v) is 3.76. The van der Waals surface area contributed by atoms with E-state index in [9.17, 15) is 4.79 Å². The van der Waals surface area contributed by atoms with E-state index in [1.165, 1.54) is 18.4 Å². The summed E-state index contributed by atoms with van der Waals surface area (Å²) in [4.78, 5) is 12.1. The molecule has 0 aromatic heterocycles. The molecule has 1 saturated carbocycles. The number of hydrogen-bond donors (Lipinski definition) is 0. The highest BCUT2D eigenvalue weighted by Crippen LogP contribution is 2.48. The van der Waals surface area contributed by atoms with Gasteiger partial charge >= 0.3 is 0 Å². The SMILES string of the molecule is CCCC(C)CC(=O)C1CC1c1ccccc1. The highest BCUT2D eigenvalue weighted by Gasteiger charge is 2.43. The molecule has 0 bridgehead atoms. The van der Waals surface area contributed by atoms with Crippen molar-refractivity contribution in [2.45, 2.75) is 45.4 Å². The van der Waals surface area contributed by atoms with E-state index < -0.39 is 0 Å². The maximum atomic E-state index is 12.1. The van der Waals surface area contributed by atoms with E-state index in [1.54, 1.807) is 0 Å². The molecule has 17 heavy (non-hydrogen) atoms. The summed E-state index contributed by atoms with van der Waals surface area (Å²) >= 11 is 0. The Morgan fingerprint density at radius 3 is 2.71 bits per heavy atom. The Kier molecular flexibility index (Phi) is 3.98. The minimum Gasteiger partial charge on any atom is -0.299 e. The third-order valence-electron chi connectivity index (χ3n) is 3.76. The van der Waals surface area contributed by atoms with Crippen LogP contribution >= 0.6 is 0 Å². The first kappa shape index (κ1) is 12.3. The smallest absolute Gasteiger partial charge is 0.136 e. The first-order valence-corrected chi connectivity index (χ1v) is 6.80. The summed E-state index contributed by atoms with van der Waals surface area (Å²) < 4.78 is 0. The molecular weight excluding hydrogens is 208 g/mol. The summed E-state index contributed by atoms with van der Waals surface area (Å²) in [5, 5.41) is 0. The van der Waals surface area contributed by atoms with Crippen molar-refractivity contribution in [2.75, 3.05) is 0 Å². The summed E-state index contributed by atoms with van der Waals surface area (Å²) in [6, 6.07) is 10.5. The zero-order chi connectivity index (χ0) is 12.3. The Balaban J connectivity index is 1.84. The molecule has 1 aliphatic rings. The zero-order valence-corrected chi connectivity index (χ0v) is 10.9. The van der Waals surface area contributed by atoms with E-state index in [0.717, 1.165) is 12.8 Å². The second-order valence-electron chi connectivity index (χ2n) is 5.42. The standard InChI is InChI=1S/C16H22O/c1-3-7-12(2)10-16(17)15-11-14(15)13-8-5-4-6-9-13/h4-6,8-9,12,14-15H,3,7,10-11H2,1-2H3. The molecule has 1 nitrogen and oxygen atoms in total. The van der Waals surface area contributed by atoms with Crippen molar-refractivity contribution in [3.8, 4) is 0 Å². The number of benzene rings is 1. The molecule has 2 rings (SSSR count). The Morgan fingerprint density at radius 1 is 1.35 bits per heavy atom. The van der Waals surface area contributed by atoms with Gasteiger partial charge in [-0.1, -0.05) is 57.0 Å². The second kappa shape index (κ2) is 5.48. The molecule has 0 spiro atoms. The number of carbonyl (C=O) groups is 1. The molecule has 1 aromatic rings. The van der Waals surface area contributed by atoms with Gasteiger partial charge in [0.1, 0.15) is 5.78 Å². The molecular formula is C16H22O. The lowest BCUT2D eigenvalue weighted by molar-refractivity contribution is -0.121. The van der Waals surface area contributed by atoms with Crippen LogP contribution in [0.5, 0.6) is 0 Å². The van der Waals surface area contributed by atoms with Gasteiger partial charge in [0.2, 0.25) is 0 Å². The fourth-order valence-electron chi connectivity index (χ4n) is 2.71. The summed E-state index contributed by atoms with van der Waals surface area (Å²) in [5.74, 6) is 1.87. The Morgan fingerprint density at radius 2 is 2.06 bits per heavy atom. The molecule has 0 heterocycles. The Hall–Kier alpha value is -1.11. The average molecular weight is 230 g/mol. The Bertz CT molecular complexity index is 368.